The van der Waals surface area contributed by atoms with Crippen LogP contribution in [0.1, 0.15) is 13.3 Å². The molecule has 1 unspecified atom stereocenters. The first-order valence-electron chi connectivity index (χ1n) is 5.00. The number of hydrogen-bond acceptors (Lipinski definition) is 2. The van der Waals surface area contributed by atoms with Crippen molar-refractivity contribution in [2.45, 2.75) is 19.4 Å². The second-order valence-corrected chi connectivity index (χ2v) is 3.26. The standard InChI is InChI=1S/C11H16N2O2/c1-2-10(14)8-12-11(15)13-9-6-4-3-5-7-9/h3-7,10,14H,2,8H2,1H3,(H2,12,13,15). The highest BCUT2D eigenvalue weighted by molar-refractivity contribution is 5.89. The predicted molar refractivity (Wildman–Crippen MR) is 59.8 cm³/mol. The lowest BCUT2D eigenvalue weighted by atomic mass is 10.3. The Kier molecular flexibility index (Phi) is 4.63. The summed E-state index contributed by atoms with van der Waals surface area (Å²) in [4.78, 5) is 11.3. The number of aliphatic hydroxyl groups is 1. The summed E-state index contributed by atoms with van der Waals surface area (Å²) < 4.78 is 0. The van der Waals surface area contributed by atoms with Gasteiger partial charge in [-0.3, -0.25) is 0 Å². The summed E-state index contributed by atoms with van der Waals surface area (Å²) in [6.45, 7) is 2.14. The first kappa shape index (κ1) is 11.5. The Morgan fingerprint density at radius 1 is 1.40 bits per heavy atom. The van der Waals surface area contributed by atoms with E-state index in [0.717, 1.165) is 5.69 Å². The number of anilines is 1. The Bertz CT molecular complexity index is 301. The molecule has 0 aliphatic heterocycles. The fraction of sp³-hybridized carbons (Fsp3) is 0.364. The number of carbonyl (C=O) groups is 1. The fourth-order valence-electron chi connectivity index (χ4n) is 1.05. The van der Waals surface area contributed by atoms with Gasteiger partial charge in [0.05, 0.1) is 6.10 Å². The number of benzene rings is 1. The number of carbonyl (C=O) groups excluding carboxylic acids is 1. The second-order valence-electron chi connectivity index (χ2n) is 3.26. The maximum Gasteiger partial charge on any atom is 0.319 e. The zero-order chi connectivity index (χ0) is 11.1. The minimum Gasteiger partial charge on any atom is -0.391 e. The summed E-state index contributed by atoms with van der Waals surface area (Å²) in [5.74, 6) is 0. The third-order valence-electron chi connectivity index (χ3n) is 2.00. The van der Waals surface area contributed by atoms with Crippen molar-refractivity contribution < 1.29 is 9.90 Å². The van der Waals surface area contributed by atoms with Crippen molar-refractivity contribution in [3.8, 4) is 0 Å². The van der Waals surface area contributed by atoms with Crippen LogP contribution in [0.15, 0.2) is 30.3 Å². The van der Waals surface area contributed by atoms with Crippen molar-refractivity contribution in [3.63, 3.8) is 0 Å². The van der Waals surface area contributed by atoms with E-state index >= 15 is 0 Å². The molecule has 82 valence electrons. The van der Waals surface area contributed by atoms with Gasteiger partial charge in [0, 0.05) is 12.2 Å². The quantitative estimate of drug-likeness (QED) is 0.703. The zero-order valence-corrected chi connectivity index (χ0v) is 8.73. The van der Waals surface area contributed by atoms with Crippen LogP contribution in [0.2, 0.25) is 0 Å². The predicted octanol–water partition coefficient (Wildman–Crippen LogP) is 1.58. The van der Waals surface area contributed by atoms with Crippen molar-refractivity contribution >= 4 is 11.7 Å². The number of amides is 2. The molecule has 0 radical (unpaired) electrons. The number of hydrogen-bond donors (Lipinski definition) is 3. The summed E-state index contributed by atoms with van der Waals surface area (Å²) in [6, 6.07) is 8.87. The molecule has 4 heteroatoms. The zero-order valence-electron chi connectivity index (χ0n) is 8.73. The van der Waals surface area contributed by atoms with Gasteiger partial charge in [0.25, 0.3) is 0 Å². The number of para-hydroxylation sites is 1. The average Bonchev–Trinajstić information content (AvgIpc) is 2.27. The summed E-state index contributed by atoms with van der Waals surface area (Å²) in [5.41, 5.74) is 0.737. The number of urea groups is 1. The molecule has 0 aliphatic carbocycles. The van der Waals surface area contributed by atoms with Crippen LogP contribution in [0.25, 0.3) is 0 Å². The van der Waals surface area contributed by atoms with Crippen LogP contribution < -0.4 is 10.6 Å². The molecule has 0 saturated heterocycles. The van der Waals surface area contributed by atoms with Gasteiger partial charge in [-0.2, -0.15) is 0 Å². The van der Waals surface area contributed by atoms with Crippen LogP contribution in [-0.4, -0.2) is 23.8 Å². The molecule has 0 aromatic heterocycles. The summed E-state index contributed by atoms with van der Waals surface area (Å²) in [5, 5.41) is 14.5. The van der Waals surface area contributed by atoms with E-state index in [1.165, 1.54) is 0 Å². The fourth-order valence-corrected chi connectivity index (χ4v) is 1.05. The molecular weight excluding hydrogens is 192 g/mol. The van der Waals surface area contributed by atoms with E-state index in [0.29, 0.717) is 6.42 Å². The molecule has 0 bridgehead atoms. The molecule has 0 saturated carbocycles. The molecule has 0 spiro atoms. The maximum atomic E-state index is 11.3. The molecule has 15 heavy (non-hydrogen) atoms. The Hall–Kier alpha value is -1.55. The first-order valence-corrected chi connectivity index (χ1v) is 5.00. The molecule has 1 aromatic rings. The van der Waals surface area contributed by atoms with Gasteiger partial charge in [-0.15, -0.1) is 0 Å². The van der Waals surface area contributed by atoms with Crippen LogP contribution >= 0.6 is 0 Å². The third kappa shape index (κ3) is 4.46. The molecule has 4 nitrogen and oxygen atoms in total. The van der Waals surface area contributed by atoms with Crippen molar-refractivity contribution in [1.82, 2.24) is 5.32 Å². The van der Waals surface area contributed by atoms with Gasteiger partial charge in [0.15, 0.2) is 0 Å². The smallest absolute Gasteiger partial charge is 0.319 e. The molecule has 1 aromatic carbocycles. The largest absolute Gasteiger partial charge is 0.391 e. The number of aliphatic hydroxyl groups excluding tert-OH is 1. The van der Waals surface area contributed by atoms with Crippen molar-refractivity contribution in [2.75, 3.05) is 11.9 Å². The third-order valence-corrected chi connectivity index (χ3v) is 2.00. The lowest BCUT2D eigenvalue weighted by Gasteiger charge is -2.10. The van der Waals surface area contributed by atoms with Crippen molar-refractivity contribution in [2.24, 2.45) is 0 Å². The van der Waals surface area contributed by atoms with Gasteiger partial charge in [-0.25, -0.2) is 4.79 Å². The normalized spacial score (nSPS) is 11.9. The molecule has 3 N–H and O–H groups in total. The highest BCUT2D eigenvalue weighted by Crippen LogP contribution is 2.03. The molecular formula is C11H16N2O2. The molecule has 0 heterocycles. The molecule has 0 aliphatic rings. The molecule has 2 amide bonds. The average molecular weight is 208 g/mol. The lowest BCUT2D eigenvalue weighted by molar-refractivity contribution is 0.168. The van der Waals surface area contributed by atoms with Crippen LogP contribution in [0.5, 0.6) is 0 Å². The lowest BCUT2D eigenvalue weighted by Crippen LogP contribution is -2.34. The Labute approximate surface area is 89.3 Å². The van der Waals surface area contributed by atoms with Crippen molar-refractivity contribution in [3.05, 3.63) is 30.3 Å². The summed E-state index contributed by atoms with van der Waals surface area (Å²) >= 11 is 0. The van der Waals surface area contributed by atoms with Gasteiger partial charge < -0.3 is 15.7 Å². The Morgan fingerprint density at radius 3 is 2.67 bits per heavy atom. The van der Waals surface area contributed by atoms with E-state index in [9.17, 15) is 9.90 Å². The van der Waals surface area contributed by atoms with Crippen LogP contribution in [0.3, 0.4) is 0 Å². The summed E-state index contributed by atoms with van der Waals surface area (Å²) in [7, 11) is 0. The second kappa shape index (κ2) is 6.03. The van der Waals surface area contributed by atoms with Gasteiger partial charge in [-0.1, -0.05) is 25.1 Å². The Morgan fingerprint density at radius 2 is 2.07 bits per heavy atom. The van der Waals surface area contributed by atoms with Gasteiger partial charge in [-0.05, 0) is 18.6 Å². The van der Waals surface area contributed by atoms with Gasteiger partial charge in [0.2, 0.25) is 0 Å². The first-order chi connectivity index (χ1) is 7.22. The maximum absolute atomic E-state index is 11.3. The molecule has 0 fully saturated rings. The van der Waals surface area contributed by atoms with E-state index in [2.05, 4.69) is 10.6 Å². The minimum atomic E-state index is -0.480. The monoisotopic (exact) mass is 208 g/mol. The summed E-state index contributed by atoms with van der Waals surface area (Å²) in [6.07, 6.45) is 0.151. The SMILES string of the molecule is CCC(O)CNC(=O)Nc1ccccc1. The number of nitrogens with one attached hydrogen (secondary N) is 2. The Balaban J connectivity index is 2.31. The molecule has 1 rings (SSSR count). The van der Waals surface area contributed by atoms with E-state index in [1.54, 1.807) is 12.1 Å². The molecule has 1 atom stereocenters. The highest BCUT2D eigenvalue weighted by atomic mass is 16.3. The van der Waals surface area contributed by atoms with Crippen LogP contribution in [-0.2, 0) is 0 Å². The number of rotatable bonds is 4. The van der Waals surface area contributed by atoms with E-state index in [1.807, 2.05) is 25.1 Å². The van der Waals surface area contributed by atoms with E-state index in [4.69, 9.17) is 0 Å². The van der Waals surface area contributed by atoms with E-state index in [-0.39, 0.29) is 12.6 Å². The highest BCUT2D eigenvalue weighted by Gasteiger charge is 2.04. The van der Waals surface area contributed by atoms with E-state index < -0.39 is 6.10 Å². The van der Waals surface area contributed by atoms with Crippen molar-refractivity contribution in [1.29, 1.82) is 0 Å². The van der Waals surface area contributed by atoms with Crippen LogP contribution in [0.4, 0.5) is 10.5 Å². The van der Waals surface area contributed by atoms with Crippen LogP contribution in [0, 0.1) is 0 Å². The van der Waals surface area contributed by atoms with Gasteiger partial charge in [0.1, 0.15) is 0 Å². The minimum absolute atomic E-state index is 0.273. The topological polar surface area (TPSA) is 61.4 Å². The van der Waals surface area contributed by atoms with Gasteiger partial charge >= 0.3 is 6.03 Å².